The van der Waals surface area contributed by atoms with Gasteiger partial charge in [0, 0.05) is 58.6 Å². The minimum atomic E-state index is -0.135. The lowest BCUT2D eigenvalue weighted by molar-refractivity contribution is 0.195. The van der Waals surface area contributed by atoms with Crippen molar-refractivity contribution in [3.63, 3.8) is 0 Å². The quantitative estimate of drug-likeness (QED) is 0.686. The zero-order valence-corrected chi connectivity index (χ0v) is 14.6. The van der Waals surface area contributed by atoms with E-state index in [9.17, 15) is 4.79 Å². The van der Waals surface area contributed by atoms with Crippen LogP contribution in [0.3, 0.4) is 0 Å². The summed E-state index contributed by atoms with van der Waals surface area (Å²) >= 11 is 0. The maximum atomic E-state index is 11.5. The third-order valence-corrected chi connectivity index (χ3v) is 4.12. The molecule has 0 spiro atoms. The number of hydrogen-bond acceptors (Lipinski definition) is 5. The first-order valence-corrected chi connectivity index (χ1v) is 8.35. The summed E-state index contributed by atoms with van der Waals surface area (Å²) in [6.07, 6.45) is 0. The Morgan fingerprint density at radius 2 is 1.71 bits per heavy atom. The number of nitrogens with one attached hydrogen (secondary N) is 2. The predicted molar refractivity (Wildman–Crippen MR) is 94.9 cm³/mol. The van der Waals surface area contributed by atoms with E-state index in [2.05, 4.69) is 32.6 Å². The average molecular weight is 336 g/mol. The van der Waals surface area contributed by atoms with Gasteiger partial charge in [0.1, 0.15) is 5.75 Å². The summed E-state index contributed by atoms with van der Waals surface area (Å²) < 4.78 is 10.1. The highest BCUT2D eigenvalue weighted by Gasteiger charge is 2.17. The van der Waals surface area contributed by atoms with Gasteiger partial charge in [0.25, 0.3) is 0 Å². The van der Waals surface area contributed by atoms with E-state index in [-0.39, 0.29) is 6.03 Å². The van der Waals surface area contributed by atoms with Crippen LogP contribution in [0.4, 0.5) is 10.5 Å². The van der Waals surface area contributed by atoms with Gasteiger partial charge < -0.3 is 25.0 Å². The van der Waals surface area contributed by atoms with Gasteiger partial charge in [-0.3, -0.25) is 4.90 Å². The summed E-state index contributed by atoms with van der Waals surface area (Å²) in [5.41, 5.74) is 1.23. The van der Waals surface area contributed by atoms with Crippen molar-refractivity contribution < 1.29 is 14.3 Å². The van der Waals surface area contributed by atoms with Crippen LogP contribution in [-0.2, 0) is 4.74 Å². The van der Waals surface area contributed by atoms with Crippen LogP contribution in [0, 0.1) is 0 Å². The van der Waals surface area contributed by atoms with Gasteiger partial charge in [-0.05, 0) is 24.3 Å². The number of amides is 2. The number of methoxy groups -OCH3 is 2. The molecule has 7 nitrogen and oxygen atoms in total. The van der Waals surface area contributed by atoms with Gasteiger partial charge in [0.2, 0.25) is 0 Å². The van der Waals surface area contributed by atoms with Crippen molar-refractivity contribution >= 4 is 11.7 Å². The first-order chi connectivity index (χ1) is 11.7. The molecule has 0 atom stereocenters. The molecule has 2 amide bonds. The summed E-state index contributed by atoms with van der Waals surface area (Å²) in [4.78, 5) is 16.3. The van der Waals surface area contributed by atoms with Crippen LogP contribution in [0.25, 0.3) is 0 Å². The molecule has 7 heteroatoms. The third kappa shape index (κ3) is 5.90. The zero-order valence-electron chi connectivity index (χ0n) is 14.6. The van der Waals surface area contributed by atoms with Crippen molar-refractivity contribution in [1.82, 2.24) is 15.5 Å². The van der Waals surface area contributed by atoms with Gasteiger partial charge in [-0.1, -0.05) is 0 Å². The van der Waals surface area contributed by atoms with E-state index in [4.69, 9.17) is 9.47 Å². The monoisotopic (exact) mass is 336 g/mol. The maximum absolute atomic E-state index is 11.5. The molecule has 0 bridgehead atoms. The first-order valence-electron chi connectivity index (χ1n) is 8.35. The number of piperazine rings is 1. The molecule has 134 valence electrons. The summed E-state index contributed by atoms with van der Waals surface area (Å²) in [6.45, 7) is 6.57. The van der Waals surface area contributed by atoms with Crippen LogP contribution in [0.15, 0.2) is 24.3 Å². The highest BCUT2D eigenvalue weighted by molar-refractivity contribution is 5.73. The Bertz CT molecular complexity index is 487. The van der Waals surface area contributed by atoms with Crippen LogP contribution in [0.2, 0.25) is 0 Å². The Balaban J connectivity index is 1.63. The third-order valence-electron chi connectivity index (χ3n) is 4.12. The minimum Gasteiger partial charge on any atom is -0.497 e. The molecule has 1 saturated heterocycles. The number of hydrogen-bond donors (Lipinski definition) is 2. The van der Waals surface area contributed by atoms with E-state index in [0.29, 0.717) is 19.7 Å². The van der Waals surface area contributed by atoms with Crippen LogP contribution < -0.4 is 20.3 Å². The Morgan fingerprint density at radius 3 is 2.33 bits per heavy atom. The molecule has 0 unspecified atom stereocenters. The molecular weight excluding hydrogens is 308 g/mol. The second-order valence-electron chi connectivity index (χ2n) is 5.70. The Labute approximate surface area is 143 Å². The van der Waals surface area contributed by atoms with Crippen molar-refractivity contribution in [3.8, 4) is 5.75 Å². The molecule has 1 aliphatic heterocycles. The summed E-state index contributed by atoms with van der Waals surface area (Å²) in [7, 11) is 3.30. The molecular formula is C17H28N4O3. The van der Waals surface area contributed by atoms with E-state index in [1.807, 2.05) is 12.1 Å². The largest absolute Gasteiger partial charge is 0.497 e. The molecule has 24 heavy (non-hydrogen) atoms. The van der Waals surface area contributed by atoms with Gasteiger partial charge in [-0.2, -0.15) is 0 Å². The number of rotatable bonds is 8. The molecule has 1 fully saturated rings. The number of ether oxygens (including phenoxy) is 2. The van der Waals surface area contributed by atoms with E-state index in [1.165, 1.54) is 5.69 Å². The number of nitrogens with zero attached hydrogens (tertiary/aromatic N) is 2. The summed E-state index contributed by atoms with van der Waals surface area (Å²) in [5.74, 6) is 0.882. The minimum absolute atomic E-state index is 0.135. The Morgan fingerprint density at radius 1 is 1.04 bits per heavy atom. The molecule has 0 radical (unpaired) electrons. The van der Waals surface area contributed by atoms with Gasteiger partial charge in [-0.15, -0.1) is 0 Å². The molecule has 1 aromatic rings. The lowest BCUT2D eigenvalue weighted by atomic mass is 10.2. The molecule has 2 N–H and O–H groups in total. The van der Waals surface area contributed by atoms with E-state index < -0.39 is 0 Å². The normalized spacial score (nSPS) is 15.2. The molecule has 2 rings (SSSR count). The van der Waals surface area contributed by atoms with Gasteiger partial charge in [0.15, 0.2) is 0 Å². The smallest absolute Gasteiger partial charge is 0.314 e. The molecule has 0 aliphatic carbocycles. The topological polar surface area (TPSA) is 66.1 Å². The van der Waals surface area contributed by atoms with Crippen LogP contribution >= 0.6 is 0 Å². The van der Waals surface area contributed by atoms with Crippen molar-refractivity contribution in [2.45, 2.75) is 0 Å². The Hall–Kier alpha value is -1.99. The lowest BCUT2D eigenvalue weighted by Gasteiger charge is -2.36. The summed E-state index contributed by atoms with van der Waals surface area (Å²) in [5, 5.41) is 5.62. The number of carbonyl (C=O) groups is 1. The molecule has 1 heterocycles. The molecule has 0 saturated carbocycles. The van der Waals surface area contributed by atoms with Gasteiger partial charge in [-0.25, -0.2) is 4.79 Å². The highest BCUT2D eigenvalue weighted by Crippen LogP contribution is 2.20. The van der Waals surface area contributed by atoms with E-state index in [0.717, 1.165) is 38.5 Å². The fourth-order valence-electron chi connectivity index (χ4n) is 2.68. The average Bonchev–Trinajstić information content (AvgIpc) is 2.63. The van der Waals surface area contributed by atoms with Gasteiger partial charge in [0.05, 0.1) is 13.7 Å². The number of urea groups is 1. The second kappa shape index (κ2) is 10.00. The van der Waals surface area contributed by atoms with Crippen LogP contribution in [0.1, 0.15) is 0 Å². The fraction of sp³-hybridized carbons (Fsp3) is 0.588. The van der Waals surface area contributed by atoms with Crippen LogP contribution in [-0.4, -0.2) is 77.6 Å². The standard InChI is InChI=1S/C17H28N4O3/c1-23-14-8-19-17(22)18-7-9-20-10-12-21(13-11-20)15-3-5-16(24-2)6-4-15/h3-6H,7-14H2,1-2H3,(H2,18,19,22). The van der Waals surface area contributed by atoms with Crippen molar-refractivity contribution in [2.75, 3.05) is 71.5 Å². The highest BCUT2D eigenvalue weighted by atomic mass is 16.5. The second-order valence-corrected chi connectivity index (χ2v) is 5.70. The fourth-order valence-corrected chi connectivity index (χ4v) is 2.68. The Kier molecular flexibility index (Phi) is 7.64. The summed E-state index contributed by atoms with van der Waals surface area (Å²) in [6, 6.07) is 8.05. The van der Waals surface area contributed by atoms with Crippen molar-refractivity contribution in [3.05, 3.63) is 24.3 Å². The van der Waals surface area contributed by atoms with Crippen molar-refractivity contribution in [1.29, 1.82) is 0 Å². The zero-order chi connectivity index (χ0) is 17.2. The number of benzene rings is 1. The first kappa shape index (κ1) is 18.4. The van der Waals surface area contributed by atoms with E-state index in [1.54, 1.807) is 14.2 Å². The predicted octanol–water partition coefficient (Wildman–Crippen LogP) is 0.763. The van der Waals surface area contributed by atoms with Gasteiger partial charge >= 0.3 is 6.03 Å². The molecule has 1 aromatic carbocycles. The van der Waals surface area contributed by atoms with Crippen molar-refractivity contribution in [2.24, 2.45) is 0 Å². The van der Waals surface area contributed by atoms with Crippen LogP contribution in [0.5, 0.6) is 5.75 Å². The SMILES string of the molecule is COCCNC(=O)NCCN1CCN(c2ccc(OC)cc2)CC1. The number of carbonyl (C=O) groups excluding carboxylic acids is 1. The molecule has 0 aromatic heterocycles. The number of anilines is 1. The van der Waals surface area contributed by atoms with E-state index >= 15 is 0 Å². The maximum Gasteiger partial charge on any atom is 0.314 e. The molecule has 1 aliphatic rings. The lowest BCUT2D eigenvalue weighted by Crippen LogP contribution is -2.49.